The van der Waals surface area contributed by atoms with Crippen LogP contribution >= 0.6 is 0 Å². The summed E-state index contributed by atoms with van der Waals surface area (Å²) in [5.74, 6) is 0.846. The molecule has 4 nitrogen and oxygen atoms in total. The van der Waals surface area contributed by atoms with Gasteiger partial charge in [0.25, 0.3) is 0 Å². The lowest BCUT2D eigenvalue weighted by Gasteiger charge is -2.16. The van der Waals surface area contributed by atoms with Crippen LogP contribution in [0.3, 0.4) is 0 Å². The highest BCUT2D eigenvalue weighted by Gasteiger charge is 2.21. The number of pyridine rings is 1. The maximum absolute atomic E-state index is 4.45. The van der Waals surface area contributed by atoms with Crippen molar-refractivity contribution in [3.05, 3.63) is 72.2 Å². The second-order valence-electron chi connectivity index (χ2n) is 5.34. The number of fused-ring (bicyclic) bond motifs is 1. The summed E-state index contributed by atoms with van der Waals surface area (Å²) in [6, 6.07) is 15.0. The number of anilines is 1. The Morgan fingerprint density at radius 2 is 1.76 bits per heavy atom. The first-order chi connectivity index (χ1) is 10.4. The second-order valence-corrected chi connectivity index (χ2v) is 5.34. The van der Waals surface area contributed by atoms with Crippen LogP contribution in [0.2, 0.25) is 0 Å². The fraction of sp³-hybridized carbons (Fsp3) is 0.176. The van der Waals surface area contributed by atoms with Crippen LogP contribution in [0.1, 0.15) is 11.1 Å². The Kier molecular flexibility index (Phi) is 2.92. The molecule has 2 aromatic heterocycles. The zero-order valence-corrected chi connectivity index (χ0v) is 11.6. The lowest BCUT2D eigenvalue weighted by Crippen LogP contribution is -2.21. The van der Waals surface area contributed by atoms with Gasteiger partial charge in [0.15, 0.2) is 5.82 Å². The van der Waals surface area contributed by atoms with E-state index in [1.165, 1.54) is 11.1 Å². The van der Waals surface area contributed by atoms with Crippen LogP contribution in [-0.2, 0) is 12.8 Å². The molecule has 4 rings (SSSR count). The zero-order valence-electron chi connectivity index (χ0n) is 11.6. The molecule has 3 aromatic rings. The normalized spacial score (nSPS) is 14.1. The molecule has 1 aliphatic carbocycles. The van der Waals surface area contributed by atoms with Gasteiger partial charge in [-0.05, 0) is 42.2 Å². The van der Waals surface area contributed by atoms with E-state index in [1.54, 1.807) is 17.1 Å². The average molecular weight is 276 g/mol. The topological polar surface area (TPSA) is 42.7 Å². The van der Waals surface area contributed by atoms with Crippen molar-refractivity contribution in [1.82, 2.24) is 14.8 Å². The third kappa shape index (κ3) is 2.29. The highest BCUT2D eigenvalue weighted by Crippen LogP contribution is 2.26. The molecule has 1 aliphatic rings. The monoisotopic (exact) mass is 276 g/mol. The van der Waals surface area contributed by atoms with Gasteiger partial charge < -0.3 is 5.32 Å². The summed E-state index contributed by atoms with van der Waals surface area (Å²) in [5.41, 5.74) is 3.91. The van der Waals surface area contributed by atoms with Gasteiger partial charge >= 0.3 is 0 Å². The van der Waals surface area contributed by atoms with Crippen LogP contribution in [0, 0.1) is 0 Å². The molecule has 0 spiro atoms. The van der Waals surface area contributed by atoms with Gasteiger partial charge in [0.2, 0.25) is 0 Å². The number of aromatic nitrogens is 3. The second kappa shape index (κ2) is 5.05. The maximum Gasteiger partial charge on any atom is 0.176 e. The third-order valence-electron chi connectivity index (χ3n) is 3.92. The SMILES string of the molecule is c1ccc2c(c1)CC(Nc1cccnc1-n1cccn1)C2. The minimum Gasteiger partial charge on any atom is -0.379 e. The van der Waals surface area contributed by atoms with E-state index in [1.807, 2.05) is 18.3 Å². The Morgan fingerprint density at radius 3 is 2.48 bits per heavy atom. The summed E-state index contributed by atoms with van der Waals surface area (Å²) in [7, 11) is 0. The zero-order chi connectivity index (χ0) is 14.1. The minimum atomic E-state index is 0.418. The van der Waals surface area contributed by atoms with Gasteiger partial charge in [-0.25, -0.2) is 9.67 Å². The summed E-state index contributed by atoms with van der Waals surface area (Å²) in [5, 5.41) is 7.90. The first-order valence-electron chi connectivity index (χ1n) is 7.18. The molecule has 0 amide bonds. The van der Waals surface area contributed by atoms with Crippen LogP contribution in [0.5, 0.6) is 0 Å². The first kappa shape index (κ1) is 12.1. The molecule has 0 bridgehead atoms. The number of rotatable bonds is 3. The minimum absolute atomic E-state index is 0.418. The summed E-state index contributed by atoms with van der Waals surface area (Å²) in [6.45, 7) is 0. The van der Waals surface area contributed by atoms with Crippen LogP contribution in [0.4, 0.5) is 5.69 Å². The molecular formula is C17H16N4. The fourth-order valence-corrected chi connectivity index (χ4v) is 2.97. The molecule has 0 fully saturated rings. The summed E-state index contributed by atoms with van der Waals surface area (Å²) < 4.78 is 1.80. The van der Waals surface area contributed by atoms with Crippen LogP contribution in [0.15, 0.2) is 61.1 Å². The molecule has 1 aromatic carbocycles. The highest BCUT2D eigenvalue weighted by atomic mass is 15.3. The molecule has 0 saturated heterocycles. The van der Waals surface area contributed by atoms with Crippen molar-refractivity contribution in [2.24, 2.45) is 0 Å². The smallest absolute Gasteiger partial charge is 0.176 e. The molecule has 4 heteroatoms. The van der Waals surface area contributed by atoms with Crippen molar-refractivity contribution in [3.63, 3.8) is 0 Å². The lowest BCUT2D eigenvalue weighted by molar-refractivity contribution is 0.765. The van der Waals surface area contributed by atoms with Crippen molar-refractivity contribution in [2.75, 3.05) is 5.32 Å². The van der Waals surface area contributed by atoms with E-state index < -0.39 is 0 Å². The fourth-order valence-electron chi connectivity index (χ4n) is 2.97. The van der Waals surface area contributed by atoms with E-state index in [2.05, 4.69) is 45.7 Å². The van der Waals surface area contributed by atoms with Gasteiger partial charge in [-0.2, -0.15) is 5.10 Å². The molecule has 21 heavy (non-hydrogen) atoms. The van der Waals surface area contributed by atoms with E-state index >= 15 is 0 Å². The summed E-state index contributed by atoms with van der Waals surface area (Å²) in [4.78, 5) is 4.45. The van der Waals surface area contributed by atoms with Gasteiger partial charge in [0.05, 0.1) is 5.69 Å². The third-order valence-corrected chi connectivity index (χ3v) is 3.92. The van der Waals surface area contributed by atoms with Gasteiger partial charge in [-0.15, -0.1) is 0 Å². The molecule has 0 saturated carbocycles. The number of hydrogen-bond acceptors (Lipinski definition) is 3. The van der Waals surface area contributed by atoms with Crippen LogP contribution in [-0.4, -0.2) is 20.8 Å². The van der Waals surface area contributed by atoms with Crippen molar-refractivity contribution in [1.29, 1.82) is 0 Å². The predicted molar refractivity (Wildman–Crippen MR) is 82.6 cm³/mol. The van der Waals surface area contributed by atoms with E-state index in [9.17, 15) is 0 Å². The molecule has 0 aliphatic heterocycles. The van der Waals surface area contributed by atoms with Gasteiger partial charge in [-0.1, -0.05) is 24.3 Å². The Balaban J connectivity index is 1.59. The quantitative estimate of drug-likeness (QED) is 0.800. The van der Waals surface area contributed by atoms with Gasteiger partial charge in [-0.3, -0.25) is 0 Å². The molecule has 0 atom stereocenters. The molecule has 104 valence electrons. The Hall–Kier alpha value is -2.62. The molecule has 0 radical (unpaired) electrons. The molecule has 1 N–H and O–H groups in total. The van der Waals surface area contributed by atoms with Gasteiger partial charge in [0, 0.05) is 24.6 Å². The number of benzene rings is 1. The van der Waals surface area contributed by atoms with E-state index in [-0.39, 0.29) is 0 Å². The predicted octanol–water partition coefficient (Wildman–Crippen LogP) is 2.85. The summed E-state index contributed by atoms with van der Waals surface area (Å²) in [6.07, 6.45) is 7.60. The maximum atomic E-state index is 4.45. The molecule has 2 heterocycles. The van der Waals surface area contributed by atoms with Crippen molar-refractivity contribution in [3.8, 4) is 5.82 Å². The Morgan fingerprint density at radius 1 is 0.952 bits per heavy atom. The molecular weight excluding hydrogens is 260 g/mol. The van der Waals surface area contributed by atoms with Crippen LogP contribution in [0.25, 0.3) is 5.82 Å². The van der Waals surface area contributed by atoms with E-state index in [4.69, 9.17) is 0 Å². The first-order valence-corrected chi connectivity index (χ1v) is 7.18. The van der Waals surface area contributed by atoms with Gasteiger partial charge in [0.1, 0.15) is 0 Å². The van der Waals surface area contributed by atoms with Crippen molar-refractivity contribution >= 4 is 5.69 Å². The van der Waals surface area contributed by atoms with E-state index in [0.717, 1.165) is 24.3 Å². The number of hydrogen-bond donors (Lipinski definition) is 1. The number of nitrogens with one attached hydrogen (secondary N) is 1. The standard InChI is InChI=1S/C17H16N4/c1-2-6-14-12-15(11-13(14)5-1)20-16-7-3-8-18-17(16)21-10-4-9-19-21/h1-10,15,20H,11-12H2. The summed E-state index contributed by atoms with van der Waals surface area (Å²) >= 11 is 0. The van der Waals surface area contributed by atoms with E-state index in [0.29, 0.717) is 6.04 Å². The van der Waals surface area contributed by atoms with Crippen molar-refractivity contribution < 1.29 is 0 Å². The lowest BCUT2D eigenvalue weighted by atomic mass is 10.1. The molecule has 0 unspecified atom stereocenters. The highest BCUT2D eigenvalue weighted by molar-refractivity contribution is 5.57. The Labute approximate surface area is 123 Å². The average Bonchev–Trinajstić information content (AvgIpc) is 3.16. The van der Waals surface area contributed by atoms with Crippen LogP contribution < -0.4 is 5.32 Å². The largest absolute Gasteiger partial charge is 0.379 e. The van der Waals surface area contributed by atoms with Crippen molar-refractivity contribution in [2.45, 2.75) is 18.9 Å². The number of nitrogens with zero attached hydrogens (tertiary/aromatic N) is 3. The Bertz CT molecular complexity index is 724.